The Balaban J connectivity index is 1.56. The standard InChI is InChI=1S/C26H22ClNO6S2/c1-3-33-23-14-19(8-13-22(23)34-36(31,32)21-11-9-20(27)10-12-21)15-24-25(29)28(26(30)35-24)16-18-6-4-17(2)5-7-18/h4-15H,3,16H2,1-2H3/b24-15-. The van der Waals surface area contributed by atoms with E-state index < -0.39 is 16.0 Å². The van der Waals surface area contributed by atoms with Gasteiger partial charge in [-0.15, -0.1) is 0 Å². The minimum absolute atomic E-state index is 0.00331. The van der Waals surface area contributed by atoms with E-state index >= 15 is 0 Å². The highest BCUT2D eigenvalue weighted by molar-refractivity contribution is 8.18. The van der Waals surface area contributed by atoms with Gasteiger partial charge in [-0.3, -0.25) is 14.5 Å². The van der Waals surface area contributed by atoms with Crippen molar-refractivity contribution in [3.63, 3.8) is 0 Å². The molecule has 0 radical (unpaired) electrons. The lowest BCUT2D eigenvalue weighted by Crippen LogP contribution is -2.27. The first kappa shape index (κ1) is 25.8. The molecule has 186 valence electrons. The van der Waals surface area contributed by atoms with Gasteiger partial charge in [0.05, 0.1) is 18.1 Å². The zero-order chi connectivity index (χ0) is 25.9. The molecule has 3 aromatic rings. The average Bonchev–Trinajstić information content (AvgIpc) is 3.09. The highest BCUT2D eigenvalue weighted by Gasteiger charge is 2.35. The average molecular weight is 544 g/mol. The Kier molecular flexibility index (Phi) is 7.73. The number of thioether (sulfide) groups is 1. The first-order valence-electron chi connectivity index (χ1n) is 10.9. The second-order valence-corrected chi connectivity index (χ2v) is 10.9. The van der Waals surface area contributed by atoms with Crippen LogP contribution in [0.4, 0.5) is 4.79 Å². The van der Waals surface area contributed by atoms with E-state index in [0.29, 0.717) is 10.6 Å². The number of aryl methyl sites for hydroxylation is 1. The van der Waals surface area contributed by atoms with E-state index in [2.05, 4.69) is 0 Å². The largest absolute Gasteiger partial charge is 0.490 e. The Morgan fingerprint density at radius 2 is 1.67 bits per heavy atom. The van der Waals surface area contributed by atoms with Gasteiger partial charge in [-0.25, -0.2) is 0 Å². The smallest absolute Gasteiger partial charge is 0.339 e. The monoisotopic (exact) mass is 543 g/mol. The normalized spacial score (nSPS) is 15.0. The van der Waals surface area contributed by atoms with Gasteiger partial charge in [0, 0.05) is 5.02 Å². The molecule has 3 aromatic carbocycles. The van der Waals surface area contributed by atoms with Crippen molar-refractivity contribution in [3.8, 4) is 11.5 Å². The predicted molar refractivity (Wildman–Crippen MR) is 140 cm³/mol. The molecule has 0 saturated carbocycles. The SMILES string of the molecule is CCOc1cc(/C=C2\SC(=O)N(Cc3ccc(C)cc3)C2=O)ccc1OS(=O)(=O)c1ccc(Cl)cc1. The van der Waals surface area contributed by atoms with Crippen LogP contribution in [0.3, 0.4) is 0 Å². The zero-order valence-electron chi connectivity index (χ0n) is 19.4. The van der Waals surface area contributed by atoms with Crippen LogP contribution in [0.5, 0.6) is 11.5 Å². The molecule has 1 aliphatic rings. The highest BCUT2D eigenvalue weighted by atomic mass is 35.5. The molecule has 2 amide bonds. The molecule has 0 N–H and O–H groups in total. The number of imide groups is 1. The van der Waals surface area contributed by atoms with Crippen LogP contribution in [0.15, 0.2) is 76.5 Å². The molecule has 1 heterocycles. The third-order valence-electron chi connectivity index (χ3n) is 5.20. The lowest BCUT2D eigenvalue weighted by Gasteiger charge is -2.13. The van der Waals surface area contributed by atoms with Crippen LogP contribution in [0, 0.1) is 6.92 Å². The number of nitrogens with zero attached hydrogens (tertiary/aromatic N) is 1. The molecule has 7 nitrogen and oxygen atoms in total. The second-order valence-electron chi connectivity index (χ2n) is 7.88. The van der Waals surface area contributed by atoms with E-state index in [4.69, 9.17) is 20.5 Å². The van der Waals surface area contributed by atoms with Crippen molar-refractivity contribution in [1.82, 2.24) is 4.90 Å². The number of hydrogen-bond acceptors (Lipinski definition) is 7. The number of carbonyl (C=O) groups excluding carboxylic acids is 2. The minimum atomic E-state index is -4.13. The fraction of sp³-hybridized carbons (Fsp3) is 0.154. The molecule has 36 heavy (non-hydrogen) atoms. The Morgan fingerprint density at radius 3 is 2.33 bits per heavy atom. The summed E-state index contributed by atoms with van der Waals surface area (Å²) < 4.78 is 36.3. The molecule has 10 heteroatoms. The van der Waals surface area contributed by atoms with E-state index in [-0.39, 0.29) is 39.7 Å². The predicted octanol–water partition coefficient (Wildman–Crippen LogP) is 6.05. The first-order valence-corrected chi connectivity index (χ1v) is 13.5. The second kappa shape index (κ2) is 10.8. The highest BCUT2D eigenvalue weighted by Crippen LogP contribution is 2.36. The number of benzene rings is 3. The molecule has 0 atom stereocenters. The summed E-state index contributed by atoms with van der Waals surface area (Å²) in [6.07, 6.45) is 1.57. The van der Waals surface area contributed by atoms with Crippen LogP contribution < -0.4 is 8.92 Å². The number of rotatable bonds is 8. The molecule has 0 aliphatic carbocycles. The van der Waals surface area contributed by atoms with Crippen molar-refractivity contribution >= 4 is 50.7 Å². The quantitative estimate of drug-likeness (QED) is 0.252. The number of halogens is 1. The van der Waals surface area contributed by atoms with Gasteiger partial charge >= 0.3 is 10.1 Å². The van der Waals surface area contributed by atoms with Crippen molar-refractivity contribution in [2.45, 2.75) is 25.3 Å². The Morgan fingerprint density at radius 1 is 0.972 bits per heavy atom. The molecule has 0 spiro atoms. The molecular formula is C26H22ClNO6S2. The van der Waals surface area contributed by atoms with Crippen LogP contribution in [0.1, 0.15) is 23.6 Å². The van der Waals surface area contributed by atoms with Gasteiger partial charge in [-0.1, -0.05) is 47.5 Å². The summed E-state index contributed by atoms with van der Waals surface area (Å²) in [5, 5.41) is 0.0439. The molecule has 1 fully saturated rings. The lowest BCUT2D eigenvalue weighted by atomic mass is 10.1. The van der Waals surface area contributed by atoms with E-state index in [9.17, 15) is 18.0 Å². The van der Waals surface area contributed by atoms with E-state index in [1.54, 1.807) is 25.1 Å². The van der Waals surface area contributed by atoms with Gasteiger partial charge in [0.1, 0.15) is 4.90 Å². The van der Waals surface area contributed by atoms with Crippen LogP contribution in [0.25, 0.3) is 6.08 Å². The fourth-order valence-corrected chi connectivity index (χ4v) is 5.29. The number of hydrogen-bond donors (Lipinski definition) is 0. The minimum Gasteiger partial charge on any atom is -0.490 e. The van der Waals surface area contributed by atoms with Crippen LogP contribution >= 0.6 is 23.4 Å². The van der Waals surface area contributed by atoms with Crippen LogP contribution in [0.2, 0.25) is 5.02 Å². The van der Waals surface area contributed by atoms with Crippen LogP contribution in [-0.2, 0) is 21.5 Å². The molecule has 1 aliphatic heterocycles. The van der Waals surface area contributed by atoms with E-state index in [1.807, 2.05) is 31.2 Å². The van der Waals surface area contributed by atoms with Crippen molar-refractivity contribution in [3.05, 3.63) is 93.3 Å². The third-order valence-corrected chi connectivity index (χ3v) is 7.61. The van der Waals surface area contributed by atoms with Crippen molar-refractivity contribution < 1.29 is 26.9 Å². The summed E-state index contributed by atoms with van der Waals surface area (Å²) >= 11 is 6.69. The van der Waals surface area contributed by atoms with E-state index in [1.165, 1.54) is 35.2 Å². The zero-order valence-corrected chi connectivity index (χ0v) is 21.8. The summed E-state index contributed by atoms with van der Waals surface area (Å²) in [6.45, 7) is 4.16. The summed E-state index contributed by atoms with van der Waals surface area (Å²) in [5.41, 5.74) is 2.49. The van der Waals surface area contributed by atoms with Crippen molar-refractivity contribution in [2.24, 2.45) is 0 Å². The Hall–Kier alpha value is -3.27. The summed E-state index contributed by atoms with van der Waals surface area (Å²) in [4.78, 5) is 26.8. The number of ether oxygens (including phenoxy) is 1. The van der Waals surface area contributed by atoms with Gasteiger partial charge in [-0.05, 0) is 79.2 Å². The van der Waals surface area contributed by atoms with Gasteiger partial charge in [-0.2, -0.15) is 8.42 Å². The maximum atomic E-state index is 12.9. The van der Waals surface area contributed by atoms with Crippen molar-refractivity contribution in [1.29, 1.82) is 0 Å². The number of amides is 2. The molecular weight excluding hydrogens is 522 g/mol. The molecule has 0 aromatic heterocycles. The van der Waals surface area contributed by atoms with Gasteiger partial charge in [0.25, 0.3) is 11.1 Å². The fourth-order valence-electron chi connectivity index (χ4n) is 3.38. The molecule has 0 unspecified atom stereocenters. The summed E-state index contributed by atoms with van der Waals surface area (Å²) in [6, 6.07) is 17.8. The van der Waals surface area contributed by atoms with Crippen molar-refractivity contribution in [2.75, 3.05) is 6.61 Å². The molecule has 0 bridgehead atoms. The van der Waals surface area contributed by atoms with Crippen LogP contribution in [-0.4, -0.2) is 31.1 Å². The topological polar surface area (TPSA) is 90.0 Å². The van der Waals surface area contributed by atoms with Gasteiger partial charge in [0.2, 0.25) is 0 Å². The maximum Gasteiger partial charge on any atom is 0.339 e. The lowest BCUT2D eigenvalue weighted by molar-refractivity contribution is -0.123. The molecule has 1 saturated heterocycles. The molecule has 4 rings (SSSR count). The third kappa shape index (κ3) is 5.92. The summed E-state index contributed by atoms with van der Waals surface area (Å²) in [5.74, 6) is -0.215. The first-order chi connectivity index (χ1) is 17.2. The van der Waals surface area contributed by atoms with E-state index in [0.717, 1.165) is 22.9 Å². The number of carbonyl (C=O) groups is 2. The Labute approximate surface area is 218 Å². The summed E-state index contributed by atoms with van der Waals surface area (Å²) in [7, 11) is -4.13. The maximum absolute atomic E-state index is 12.9. The Bertz CT molecular complexity index is 1430. The van der Waals surface area contributed by atoms with Gasteiger partial charge < -0.3 is 8.92 Å². The van der Waals surface area contributed by atoms with Gasteiger partial charge in [0.15, 0.2) is 11.5 Å².